The maximum atomic E-state index is 11.6. The van der Waals surface area contributed by atoms with Crippen molar-refractivity contribution in [3.63, 3.8) is 0 Å². The fourth-order valence-electron chi connectivity index (χ4n) is 1.39. The van der Waals surface area contributed by atoms with E-state index in [0.29, 0.717) is 5.92 Å². The largest absolute Gasteiger partial charge is 0.345 e. The first kappa shape index (κ1) is 8.29. The molecular weight excluding hydrogens is 166 g/mol. The van der Waals surface area contributed by atoms with Gasteiger partial charge in [-0.2, -0.15) is 5.10 Å². The van der Waals surface area contributed by atoms with E-state index < -0.39 is 0 Å². The standard InChI is InChI=1S/C9H13N3O/c1-12(2)9(13)7-5-10-11-8(7)6-3-4-6/h5-6H,3-4H2,1-2H3,(H,10,11). The van der Waals surface area contributed by atoms with Gasteiger partial charge in [-0.15, -0.1) is 0 Å². The Morgan fingerprint density at radius 1 is 1.62 bits per heavy atom. The highest BCUT2D eigenvalue weighted by atomic mass is 16.2. The van der Waals surface area contributed by atoms with Crippen LogP contribution >= 0.6 is 0 Å². The van der Waals surface area contributed by atoms with Crippen molar-refractivity contribution in [3.8, 4) is 0 Å². The minimum absolute atomic E-state index is 0.0376. The van der Waals surface area contributed by atoms with E-state index in [0.717, 1.165) is 11.3 Å². The zero-order valence-corrected chi connectivity index (χ0v) is 7.87. The van der Waals surface area contributed by atoms with Gasteiger partial charge in [0.15, 0.2) is 0 Å². The van der Waals surface area contributed by atoms with Crippen LogP contribution in [0.25, 0.3) is 0 Å². The summed E-state index contributed by atoms with van der Waals surface area (Å²) in [5.41, 5.74) is 1.74. The summed E-state index contributed by atoms with van der Waals surface area (Å²) in [7, 11) is 3.51. The Labute approximate surface area is 76.9 Å². The molecule has 13 heavy (non-hydrogen) atoms. The summed E-state index contributed by atoms with van der Waals surface area (Å²) in [6.07, 6.45) is 3.97. The van der Waals surface area contributed by atoms with Crippen LogP contribution in [0.15, 0.2) is 6.20 Å². The topological polar surface area (TPSA) is 49.0 Å². The average Bonchev–Trinajstić information content (AvgIpc) is 2.83. The Kier molecular flexibility index (Phi) is 1.83. The molecule has 0 radical (unpaired) electrons. The Morgan fingerprint density at radius 3 is 2.85 bits per heavy atom. The zero-order valence-electron chi connectivity index (χ0n) is 7.87. The number of hydrogen-bond acceptors (Lipinski definition) is 2. The van der Waals surface area contributed by atoms with Gasteiger partial charge < -0.3 is 4.90 Å². The monoisotopic (exact) mass is 179 g/mol. The van der Waals surface area contributed by atoms with Crippen molar-refractivity contribution in [1.82, 2.24) is 15.1 Å². The van der Waals surface area contributed by atoms with Crippen molar-refractivity contribution in [2.75, 3.05) is 14.1 Å². The molecule has 4 nitrogen and oxygen atoms in total. The van der Waals surface area contributed by atoms with Gasteiger partial charge in [0.1, 0.15) is 0 Å². The van der Waals surface area contributed by atoms with E-state index >= 15 is 0 Å². The van der Waals surface area contributed by atoms with Crippen molar-refractivity contribution < 1.29 is 4.79 Å². The van der Waals surface area contributed by atoms with Gasteiger partial charge in [-0.25, -0.2) is 0 Å². The van der Waals surface area contributed by atoms with Gasteiger partial charge in [0.25, 0.3) is 5.91 Å². The molecule has 0 bridgehead atoms. The summed E-state index contributed by atoms with van der Waals surface area (Å²) in [5, 5.41) is 6.82. The fraction of sp³-hybridized carbons (Fsp3) is 0.556. The molecule has 1 amide bonds. The van der Waals surface area contributed by atoms with Crippen LogP contribution in [0.5, 0.6) is 0 Å². The fourth-order valence-corrected chi connectivity index (χ4v) is 1.39. The molecule has 1 fully saturated rings. The van der Waals surface area contributed by atoms with Gasteiger partial charge in [0, 0.05) is 20.0 Å². The van der Waals surface area contributed by atoms with Crippen LogP contribution in [0, 0.1) is 0 Å². The lowest BCUT2D eigenvalue weighted by molar-refractivity contribution is 0.0826. The van der Waals surface area contributed by atoms with Crippen LogP contribution in [-0.4, -0.2) is 35.1 Å². The third kappa shape index (κ3) is 1.43. The first-order chi connectivity index (χ1) is 6.20. The third-order valence-corrected chi connectivity index (χ3v) is 2.29. The van der Waals surface area contributed by atoms with Gasteiger partial charge in [-0.3, -0.25) is 9.89 Å². The molecule has 1 N–H and O–H groups in total. The summed E-state index contributed by atoms with van der Waals surface area (Å²) >= 11 is 0. The number of nitrogens with zero attached hydrogens (tertiary/aromatic N) is 2. The first-order valence-corrected chi connectivity index (χ1v) is 4.45. The summed E-state index contributed by atoms with van der Waals surface area (Å²) in [6, 6.07) is 0. The molecule has 1 heterocycles. The van der Waals surface area contributed by atoms with Gasteiger partial charge in [0.2, 0.25) is 0 Å². The average molecular weight is 179 g/mol. The molecule has 0 unspecified atom stereocenters. The van der Waals surface area contributed by atoms with E-state index in [1.807, 2.05) is 0 Å². The Balaban J connectivity index is 2.28. The third-order valence-electron chi connectivity index (χ3n) is 2.29. The lowest BCUT2D eigenvalue weighted by Crippen LogP contribution is -2.22. The van der Waals surface area contributed by atoms with E-state index in [1.54, 1.807) is 25.2 Å². The quantitative estimate of drug-likeness (QED) is 0.736. The lowest BCUT2D eigenvalue weighted by Gasteiger charge is -2.09. The van der Waals surface area contributed by atoms with Crippen molar-refractivity contribution in [2.45, 2.75) is 18.8 Å². The highest BCUT2D eigenvalue weighted by Gasteiger charge is 2.30. The van der Waals surface area contributed by atoms with Crippen LogP contribution in [-0.2, 0) is 0 Å². The summed E-state index contributed by atoms with van der Waals surface area (Å²) in [4.78, 5) is 13.2. The molecule has 0 aromatic carbocycles. The molecule has 0 aliphatic heterocycles. The predicted octanol–water partition coefficient (Wildman–Crippen LogP) is 0.989. The van der Waals surface area contributed by atoms with Crippen molar-refractivity contribution in [1.29, 1.82) is 0 Å². The van der Waals surface area contributed by atoms with E-state index in [4.69, 9.17) is 0 Å². The van der Waals surface area contributed by atoms with Crippen LogP contribution in [0.2, 0.25) is 0 Å². The number of nitrogens with one attached hydrogen (secondary N) is 1. The Hall–Kier alpha value is -1.32. The number of carbonyl (C=O) groups is 1. The maximum Gasteiger partial charge on any atom is 0.256 e. The van der Waals surface area contributed by atoms with E-state index in [9.17, 15) is 4.79 Å². The molecular formula is C9H13N3O. The minimum Gasteiger partial charge on any atom is -0.345 e. The number of hydrogen-bond donors (Lipinski definition) is 1. The molecule has 1 aliphatic carbocycles. The Morgan fingerprint density at radius 2 is 2.31 bits per heavy atom. The molecule has 2 rings (SSSR count). The van der Waals surface area contributed by atoms with Crippen LogP contribution in [0.3, 0.4) is 0 Å². The van der Waals surface area contributed by atoms with Gasteiger partial charge in [-0.1, -0.05) is 0 Å². The molecule has 1 aromatic rings. The summed E-state index contributed by atoms with van der Waals surface area (Å²) in [6.45, 7) is 0. The van der Waals surface area contributed by atoms with Crippen LogP contribution in [0.4, 0.5) is 0 Å². The zero-order chi connectivity index (χ0) is 9.42. The minimum atomic E-state index is 0.0376. The highest BCUT2D eigenvalue weighted by molar-refractivity contribution is 5.95. The molecule has 0 spiro atoms. The van der Waals surface area contributed by atoms with Crippen molar-refractivity contribution in [2.24, 2.45) is 0 Å². The Bertz CT molecular complexity index is 325. The molecule has 70 valence electrons. The molecule has 0 saturated heterocycles. The van der Waals surface area contributed by atoms with E-state index in [-0.39, 0.29) is 5.91 Å². The maximum absolute atomic E-state index is 11.6. The molecule has 1 aromatic heterocycles. The molecule has 0 atom stereocenters. The van der Waals surface area contributed by atoms with Gasteiger partial charge in [0.05, 0.1) is 17.5 Å². The number of aromatic nitrogens is 2. The van der Waals surface area contributed by atoms with Gasteiger partial charge >= 0.3 is 0 Å². The normalized spacial score (nSPS) is 15.8. The number of aromatic amines is 1. The first-order valence-electron chi connectivity index (χ1n) is 4.45. The SMILES string of the molecule is CN(C)C(=O)c1cn[nH]c1C1CC1. The summed E-state index contributed by atoms with van der Waals surface area (Å²) in [5.74, 6) is 0.581. The van der Waals surface area contributed by atoms with Crippen molar-refractivity contribution in [3.05, 3.63) is 17.5 Å². The highest BCUT2D eigenvalue weighted by Crippen LogP contribution is 2.40. The lowest BCUT2D eigenvalue weighted by atomic mass is 10.1. The summed E-state index contributed by atoms with van der Waals surface area (Å²) < 4.78 is 0. The number of carbonyl (C=O) groups excluding carboxylic acids is 1. The van der Waals surface area contributed by atoms with Crippen LogP contribution < -0.4 is 0 Å². The second-order valence-electron chi connectivity index (χ2n) is 3.67. The van der Waals surface area contributed by atoms with Crippen molar-refractivity contribution >= 4 is 5.91 Å². The number of H-pyrrole nitrogens is 1. The molecule has 1 aliphatic rings. The van der Waals surface area contributed by atoms with Crippen LogP contribution in [0.1, 0.15) is 34.8 Å². The number of rotatable bonds is 2. The molecule has 1 saturated carbocycles. The molecule has 4 heteroatoms. The van der Waals surface area contributed by atoms with Gasteiger partial charge in [-0.05, 0) is 12.8 Å². The smallest absolute Gasteiger partial charge is 0.256 e. The van der Waals surface area contributed by atoms with E-state index in [2.05, 4.69) is 10.2 Å². The predicted molar refractivity (Wildman–Crippen MR) is 48.6 cm³/mol. The second-order valence-corrected chi connectivity index (χ2v) is 3.67. The van der Waals surface area contributed by atoms with E-state index in [1.165, 1.54) is 12.8 Å². The number of amides is 1. The second kappa shape index (κ2) is 2.87.